The van der Waals surface area contributed by atoms with Gasteiger partial charge in [-0.1, -0.05) is 33.8 Å². The molecule has 0 bridgehead atoms. The second-order valence-electron chi connectivity index (χ2n) is 7.74. The van der Waals surface area contributed by atoms with E-state index in [1.807, 2.05) is 28.0 Å². The topological polar surface area (TPSA) is 49.9 Å². The van der Waals surface area contributed by atoms with Gasteiger partial charge < -0.3 is 14.5 Å². The summed E-state index contributed by atoms with van der Waals surface area (Å²) in [6.45, 7) is 10.9. The van der Waals surface area contributed by atoms with Gasteiger partial charge >= 0.3 is 0 Å². The number of methoxy groups -OCH3 is 1. The Morgan fingerprint density at radius 3 is 2.31 bits per heavy atom. The van der Waals surface area contributed by atoms with E-state index in [0.717, 1.165) is 18.5 Å². The zero-order valence-corrected chi connectivity index (χ0v) is 16.7. The Balaban J connectivity index is 2.13. The fourth-order valence-electron chi connectivity index (χ4n) is 3.27. The number of nitrogens with zero attached hydrogens (tertiary/aromatic N) is 2. The third kappa shape index (κ3) is 4.99. The molecular weight excluding hydrogens is 328 g/mol. The van der Waals surface area contributed by atoms with Crippen LogP contribution >= 0.6 is 0 Å². The molecule has 0 radical (unpaired) electrons. The normalized spacial score (nSPS) is 15.3. The molecule has 1 aromatic rings. The molecule has 1 aromatic carbocycles. The van der Waals surface area contributed by atoms with Gasteiger partial charge in [0.15, 0.2) is 0 Å². The Hall–Kier alpha value is -2.04. The summed E-state index contributed by atoms with van der Waals surface area (Å²) in [6, 6.07) is 5.83. The number of rotatable bonds is 5. The van der Waals surface area contributed by atoms with Gasteiger partial charge in [0.05, 0.1) is 12.7 Å². The molecule has 0 aliphatic carbocycles. The zero-order chi connectivity index (χ0) is 19.3. The number of hydrogen-bond acceptors (Lipinski definition) is 3. The monoisotopic (exact) mass is 360 g/mol. The molecule has 1 heterocycles. The first-order chi connectivity index (χ1) is 12.3. The van der Waals surface area contributed by atoms with Crippen LogP contribution in [0.1, 0.15) is 62.4 Å². The van der Waals surface area contributed by atoms with Crippen molar-refractivity contribution in [2.45, 2.75) is 46.5 Å². The van der Waals surface area contributed by atoms with Crippen LogP contribution in [0.3, 0.4) is 0 Å². The minimum atomic E-state index is -0.0116. The van der Waals surface area contributed by atoms with Crippen molar-refractivity contribution < 1.29 is 14.3 Å². The highest BCUT2D eigenvalue weighted by atomic mass is 16.5. The first kappa shape index (κ1) is 20.3. The number of hydrogen-bond donors (Lipinski definition) is 0. The molecule has 26 heavy (non-hydrogen) atoms. The second-order valence-corrected chi connectivity index (χ2v) is 7.74. The van der Waals surface area contributed by atoms with E-state index in [2.05, 4.69) is 27.7 Å². The van der Waals surface area contributed by atoms with Crippen molar-refractivity contribution in [1.82, 2.24) is 9.80 Å². The minimum absolute atomic E-state index is 0.0116. The molecular formula is C21H32N2O3. The van der Waals surface area contributed by atoms with Gasteiger partial charge in [0.25, 0.3) is 5.91 Å². The molecule has 1 fully saturated rings. The predicted octanol–water partition coefficient (Wildman–Crippen LogP) is 3.54. The highest BCUT2D eigenvalue weighted by Crippen LogP contribution is 2.26. The van der Waals surface area contributed by atoms with Crippen LogP contribution in [0.2, 0.25) is 0 Å². The van der Waals surface area contributed by atoms with Crippen LogP contribution in [-0.2, 0) is 4.79 Å². The summed E-state index contributed by atoms with van der Waals surface area (Å²) in [5, 5.41) is 0. The van der Waals surface area contributed by atoms with Crippen LogP contribution in [0.4, 0.5) is 0 Å². The number of benzene rings is 1. The summed E-state index contributed by atoms with van der Waals surface area (Å²) in [4.78, 5) is 29.2. The molecule has 0 saturated carbocycles. The number of carbonyl (C=O) groups excluding carboxylic acids is 2. The molecule has 0 atom stereocenters. The lowest BCUT2D eigenvalue weighted by molar-refractivity contribution is -0.131. The molecule has 0 aromatic heterocycles. The molecule has 0 spiro atoms. The molecule has 5 heteroatoms. The van der Waals surface area contributed by atoms with Crippen LogP contribution in [-0.4, -0.2) is 54.9 Å². The first-order valence-electron chi connectivity index (χ1n) is 9.58. The highest BCUT2D eigenvalue weighted by Gasteiger charge is 2.25. The average Bonchev–Trinajstić information content (AvgIpc) is 2.86. The Morgan fingerprint density at radius 1 is 1.04 bits per heavy atom. The summed E-state index contributed by atoms with van der Waals surface area (Å²) in [5.74, 6) is 1.49. The van der Waals surface area contributed by atoms with Gasteiger partial charge in [-0.25, -0.2) is 0 Å². The molecule has 1 saturated heterocycles. The van der Waals surface area contributed by atoms with E-state index in [0.29, 0.717) is 49.2 Å². The first-order valence-corrected chi connectivity index (χ1v) is 9.58. The Bertz CT molecular complexity index is 640. The van der Waals surface area contributed by atoms with Crippen LogP contribution < -0.4 is 4.74 Å². The number of ether oxygens (including phenoxy) is 1. The van der Waals surface area contributed by atoms with Crippen molar-refractivity contribution >= 4 is 11.8 Å². The van der Waals surface area contributed by atoms with E-state index in [-0.39, 0.29) is 11.8 Å². The SMILES string of the molecule is COc1ccc(C(C)C)cc1C(=O)N1CCCN(C(=O)CC(C)C)CC1. The van der Waals surface area contributed by atoms with E-state index in [1.54, 1.807) is 7.11 Å². The molecule has 144 valence electrons. The quantitative estimate of drug-likeness (QED) is 0.807. The minimum Gasteiger partial charge on any atom is -0.496 e. The summed E-state index contributed by atoms with van der Waals surface area (Å²) >= 11 is 0. The predicted molar refractivity (Wildman–Crippen MR) is 104 cm³/mol. The molecule has 1 aliphatic rings. The van der Waals surface area contributed by atoms with Crippen LogP contribution in [0.25, 0.3) is 0 Å². The van der Waals surface area contributed by atoms with E-state index in [4.69, 9.17) is 4.74 Å². The second kappa shape index (κ2) is 9.06. The van der Waals surface area contributed by atoms with E-state index in [9.17, 15) is 9.59 Å². The third-order valence-electron chi connectivity index (χ3n) is 4.84. The molecule has 1 aliphatic heterocycles. The maximum absolute atomic E-state index is 13.1. The summed E-state index contributed by atoms with van der Waals surface area (Å²) in [7, 11) is 1.59. The van der Waals surface area contributed by atoms with Crippen LogP contribution in [0.5, 0.6) is 5.75 Å². The van der Waals surface area contributed by atoms with Crippen molar-refractivity contribution in [1.29, 1.82) is 0 Å². The Kier molecular flexibility index (Phi) is 7.06. The van der Waals surface area contributed by atoms with Crippen LogP contribution in [0, 0.1) is 5.92 Å². The average molecular weight is 360 g/mol. The van der Waals surface area contributed by atoms with Crippen molar-refractivity contribution in [2.24, 2.45) is 5.92 Å². The Morgan fingerprint density at radius 2 is 1.69 bits per heavy atom. The molecule has 2 rings (SSSR count). The maximum atomic E-state index is 13.1. The lowest BCUT2D eigenvalue weighted by atomic mass is 9.99. The summed E-state index contributed by atoms with van der Waals surface area (Å²) in [6.07, 6.45) is 1.37. The van der Waals surface area contributed by atoms with Gasteiger partial charge in [0, 0.05) is 32.6 Å². The lowest BCUT2D eigenvalue weighted by Crippen LogP contribution is -2.37. The molecule has 0 N–H and O–H groups in total. The maximum Gasteiger partial charge on any atom is 0.257 e. The third-order valence-corrected chi connectivity index (χ3v) is 4.84. The van der Waals surface area contributed by atoms with Gasteiger partial charge in [-0.2, -0.15) is 0 Å². The van der Waals surface area contributed by atoms with E-state index < -0.39 is 0 Å². The van der Waals surface area contributed by atoms with Crippen molar-refractivity contribution in [2.75, 3.05) is 33.3 Å². The summed E-state index contributed by atoms with van der Waals surface area (Å²) < 4.78 is 5.41. The molecule has 2 amide bonds. The Labute approximate surface area is 157 Å². The van der Waals surface area contributed by atoms with E-state index >= 15 is 0 Å². The van der Waals surface area contributed by atoms with Crippen molar-refractivity contribution in [3.63, 3.8) is 0 Å². The van der Waals surface area contributed by atoms with Crippen LogP contribution in [0.15, 0.2) is 18.2 Å². The van der Waals surface area contributed by atoms with Crippen molar-refractivity contribution in [3.05, 3.63) is 29.3 Å². The molecule has 5 nitrogen and oxygen atoms in total. The highest BCUT2D eigenvalue weighted by molar-refractivity contribution is 5.97. The standard InChI is InChI=1S/C21H32N2O3/c1-15(2)13-20(24)22-9-6-10-23(12-11-22)21(25)18-14-17(16(3)4)7-8-19(18)26-5/h7-8,14-16H,6,9-13H2,1-5H3. The smallest absolute Gasteiger partial charge is 0.257 e. The largest absolute Gasteiger partial charge is 0.496 e. The van der Waals surface area contributed by atoms with Crippen molar-refractivity contribution in [3.8, 4) is 5.75 Å². The van der Waals surface area contributed by atoms with Gasteiger partial charge in [-0.15, -0.1) is 0 Å². The van der Waals surface area contributed by atoms with Gasteiger partial charge in [0.2, 0.25) is 5.91 Å². The number of amides is 2. The van der Waals surface area contributed by atoms with Gasteiger partial charge in [-0.3, -0.25) is 9.59 Å². The fraction of sp³-hybridized carbons (Fsp3) is 0.619. The molecule has 0 unspecified atom stereocenters. The van der Waals surface area contributed by atoms with Gasteiger partial charge in [0.1, 0.15) is 5.75 Å². The fourth-order valence-corrected chi connectivity index (χ4v) is 3.27. The zero-order valence-electron chi connectivity index (χ0n) is 16.7. The number of carbonyl (C=O) groups is 2. The van der Waals surface area contributed by atoms with E-state index in [1.165, 1.54) is 0 Å². The van der Waals surface area contributed by atoms with Gasteiger partial charge in [-0.05, 0) is 36.0 Å². The summed E-state index contributed by atoms with van der Waals surface area (Å²) in [5.41, 5.74) is 1.73. The lowest BCUT2D eigenvalue weighted by Gasteiger charge is -2.24.